The Bertz CT molecular complexity index is 721. The molecule has 0 amide bonds. The summed E-state index contributed by atoms with van der Waals surface area (Å²) in [6.07, 6.45) is 5.95. The Hall–Kier alpha value is -0.940. The van der Waals surface area contributed by atoms with Crippen molar-refractivity contribution in [1.82, 2.24) is 0 Å². The van der Waals surface area contributed by atoms with E-state index in [2.05, 4.69) is 27.7 Å². The molecule has 0 heterocycles. The van der Waals surface area contributed by atoms with E-state index < -0.39 is 12.1 Å². The minimum absolute atomic E-state index is 0.00603. The van der Waals surface area contributed by atoms with Gasteiger partial charge in [-0.3, -0.25) is 9.59 Å². The van der Waals surface area contributed by atoms with Gasteiger partial charge in [0, 0.05) is 23.7 Å². The number of carboxylic acid groups (broad SMARTS) is 1. The van der Waals surface area contributed by atoms with Crippen molar-refractivity contribution in [2.45, 2.75) is 97.7 Å². The molecule has 0 aromatic rings. The van der Waals surface area contributed by atoms with E-state index in [0.29, 0.717) is 18.6 Å². The van der Waals surface area contributed by atoms with Crippen LogP contribution in [0.25, 0.3) is 0 Å². The lowest BCUT2D eigenvalue weighted by molar-refractivity contribution is -0.192. The van der Waals surface area contributed by atoms with Gasteiger partial charge in [-0.15, -0.1) is 0 Å². The Labute approximate surface area is 187 Å². The normalized spacial score (nSPS) is 50.3. The Morgan fingerprint density at radius 1 is 1.10 bits per heavy atom. The molecule has 0 spiro atoms. The Morgan fingerprint density at radius 3 is 2.45 bits per heavy atom. The van der Waals surface area contributed by atoms with E-state index in [1.807, 2.05) is 0 Å². The van der Waals surface area contributed by atoms with Crippen molar-refractivity contribution in [2.24, 2.45) is 52.3 Å². The molecule has 4 aliphatic rings. The third-order valence-electron chi connectivity index (χ3n) is 10.8. The van der Waals surface area contributed by atoms with Crippen molar-refractivity contribution >= 4 is 11.8 Å². The Morgan fingerprint density at radius 2 is 1.81 bits per heavy atom. The molecule has 4 saturated carbocycles. The van der Waals surface area contributed by atoms with Crippen LogP contribution in [-0.2, 0) is 9.59 Å². The van der Waals surface area contributed by atoms with Gasteiger partial charge < -0.3 is 15.3 Å². The summed E-state index contributed by atoms with van der Waals surface area (Å²) in [5, 5.41) is 31.1. The van der Waals surface area contributed by atoms with Gasteiger partial charge in [-0.25, -0.2) is 0 Å². The zero-order valence-electron chi connectivity index (χ0n) is 19.7. The average molecular weight is 435 g/mol. The largest absolute Gasteiger partial charge is 0.481 e. The Kier molecular flexibility index (Phi) is 6.09. The van der Waals surface area contributed by atoms with E-state index >= 15 is 0 Å². The number of fused-ring (bicyclic) bond motifs is 5. The molecule has 31 heavy (non-hydrogen) atoms. The number of rotatable bonds is 5. The molecular formula is C26H42O5. The maximum Gasteiger partial charge on any atom is 0.303 e. The summed E-state index contributed by atoms with van der Waals surface area (Å²) >= 11 is 0. The molecule has 3 N–H and O–H groups in total. The minimum atomic E-state index is -0.762. The fourth-order valence-electron chi connectivity index (χ4n) is 9.12. The van der Waals surface area contributed by atoms with Crippen LogP contribution < -0.4 is 0 Å². The fourth-order valence-corrected chi connectivity index (χ4v) is 9.12. The number of hydrogen-bond donors (Lipinski definition) is 3. The van der Waals surface area contributed by atoms with Gasteiger partial charge in [-0.2, -0.15) is 0 Å². The molecule has 4 fully saturated rings. The first kappa shape index (κ1) is 23.2. The molecule has 0 aromatic carbocycles. The third kappa shape index (κ3) is 3.40. The topological polar surface area (TPSA) is 94.8 Å². The molecule has 0 bridgehead atoms. The monoisotopic (exact) mass is 434 g/mol. The van der Waals surface area contributed by atoms with Gasteiger partial charge in [0.2, 0.25) is 0 Å². The highest BCUT2D eigenvalue weighted by molar-refractivity contribution is 5.86. The number of hydrogen-bond acceptors (Lipinski definition) is 4. The standard InChI is InChI=1S/C26H42O5/c1-5-16-19-12-15(27)10-11-25(19,3)20-13-21(28)26(4)17(14(2)6-9-22(29)30)7-8-18(26)23(20)24(16)31/h14-21,23,27-28H,5-13H2,1-4H3,(H,29,30)/t14-,15-,16-,17-,18?,19+,20?,21+,23+,25+,26-/m1/s1. The van der Waals surface area contributed by atoms with Crippen molar-refractivity contribution in [2.75, 3.05) is 0 Å². The predicted molar refractivity (Wildman–Crippen MR) is 118 cm³/mol. The highest BCUT2D eigenvalue weighted by Crippen LogP contribution is 2.68. The van der Waals surface area contributed by atoms with Crippen LogP contribution in [0.4, 0.5) is 0 Å². The summed E-state index contributed by atoms with van der Waals surface area (Å²) in [5.41, 5.74) is -0.307. The van der Waals surface area contributed by atoms with Crippen LogP contribution >= 0.6 is 0 Å². The van der Waals surface area contributed by atoms with E-state index in [4.69, 9.17) is 5.11 Å². The predicted octanol–water partition coefficient (Wildman–Crippen LogP) is 4.29. The first-order valence-electron chi connectivity index (χ1n) is 12.7. The van der Waals surface area contributed by atoms with E-state index in [1.165, 1.54) is 0 Å². The number of aliphatic hydroxyl groups is 2. The molecule has 5 heteroatoms. The van der Waals surface area contributed by atoms with Gasteiger partial charge in [0.05, 0.1) is 12.2 Å². The van der Waals surface area contributed by atoms with Gasteiger partial charge in [-0.1, -0.05) is 27.7 Å². The molecule has 2 unspecified atom stereocenters. The van der Waals surface area contributed by atoms with Crippen molar-refractivity contribution < 1.29 is 24.9 Å². The summed E-state index contributed by atoms with van der Waals surface area (Å²) in [6.45, 7) is 8.79. The van der Waals surface area contributed by atoms with Crippen LogP contribution in [-0.4, -0.2) is 39.3 Å². The van der Waals surface area contributed by atoms with E-state index in [-0.39, 0.29) is 64.8 Å². The number of Topliss-reactive ketones (excluding diaryl/α,β-unsaturated/α-hetero) is 1. The maximum atomic E-state index is 13.9. The number of aliphatic hydroxyl groups excluding tert-OH is 2. The van der Waals surface area contributed by atoms with Crippen molar-refractivity contribution in [3.05, 3.63) is 0 Å². The van der Waals surface area contributed by atoms with Gasteiger partial charge in [0.15, 0.2) is 0 Å². The highest BCUT2D eigenvalue weighted by Gasteiger charge is 2.67. The highest BCUT2D eigenvalue weighted by atomic mass is 16.4. The van der Waals surface area contributed by atoms with E-state index in [0.717, 1.165) is 38.5 Å². The SMILES string of the molecule is CC[C@H]1C(=O)[C@H]2C3CC[C@H]([C@H](C)CCC(=O)O)[C@@]3(C)[C@@H](O)CC2[C@@]2(C)CC[C@@H](O)C[C@@H]12. The quantitative estimate of drug-likeness (QED) is 0.600. The van der Waals surface area contributed by atoms with Gasteiger partial charge in [-0.05, 0) is 86.4 Å². The molecule has 0 aromatic heterocycles. The Balaban J connectivity index is 1.67. The van der Waals surface area contributed by atoms with Crippen LogP contribution in [0.15, 0.2) is 0 Å². The summed E-state index contributed by atoms with van der Waals surface area (Å²) in [4.78, 5) is 25.1. The number of aliphatic carboxylic acids is 1. The van der Waals surface area contributed by atoms with Crippen molar-refractivity contribution in [3.8, 4) is 0 Å². The lowest BCUT2D eigenvalue weighted by Gasteiger charge is -2.63. The second-order valence-electron chi connectivity index (χ2n) is 11.9. The molecule has 0 radical (unpaired) electrons. The lowest BCUT2D eigenvalue weighted by atomic mass is 9.41. The number of carbonyl (C=O) groups is 2. The zero-order chi connectivity index (χ0) is 22.7. The first-order valence-corrected chi connectivity index (χ1v) is 12.7. The maximum absolute atomic E-state index is 13.9. The number of carbonyl (C=O) groups excluding carboxylic acids is 1. The number of ketones is 1. The van der Waals surface area contributed by atoms with Gasteiger partial charge in [0.1, 0.15) is 5.78 Å². The molecule has 11 atom stereocenters. The third-order valence-corrected chi connectivity index (χ3v) is 10.8. The molecule has 176 valence electrons. The second kappa shape index (κ2) is 8.13. The molecular weight excluding hydrogens is 392 g/mol. The van der Waals surface area contributed by atoms with Crippen LogP contribution in [0.2, 0.25) is 0 Å². The molecule has 4 rings (SSSR count). The van der Waals surface area contributed by atoms with Gasteiger partial charge >= 0.3 is 5.97 Å². The van der Waals surface area contributed by atoms with Gasteiger partial charge in [0.25, 0.3) is 0 Å². The summed E-state index contributed by atoms with van der Waals surface area (Å²) in [6, 6.07) is 0. The summed E-state index contributed by atoms with van der Waals surface area (Å²) in [7, 11) is 0. The number of carboxylic acids is 1. The average Bonchev–Trinajstić information content (AvgIpc) is 3.07. The van der Waals surface area contributed by atoms with E-state index in [9.17, 15) is 19.8 Å². The fraction of sp³-hybridized carbons (Fsp3) is 0.923. The summed E-state index contributed by atoms with van der Waals surface area (Å²) < 4.78 is 0. The molecule has 4 aliphatic carbocycles. The molecule has 5 nitrogen and oxygen atoms in total. The molecule has 0 saturated heterocycles. The zero-order valence-corrected chi connectivity index (χ0v) is 19.7. The first-order chi connectivity index (χ1) is 14.6. The second-order valence-corrected chi connectivity index (χ2v) is 11.9. The van der Waals surface area contributed by atoms with Crippen LogP contribution in [0.1, 0.15) is 85.5 Å². The van der Waals surface area contributed by atoms with Crippen LogP contribution in [0.3, 0.4) is 0 Å². The molecule has 0 aliphatic heterocycles. The van der Waals surface area contributed by atoms with Crippen LogP contribution in [0.5, 0.6) is 0 Å². The van der Waals surface area contributed by atoms with Crippen molar-refractivity contribution in [1.29, 1.82) is 0 Å². The van der Waals surface area contributed by atoms with Crippen LogP contribution in [0, 0.1) is 52.3 Å². The summed E-state index contributed by atoms with van der Waals surface area (Å²) in [5.74, 6) is 0.749. The lowest BCUT2D eigenvalue weighted by Crippen LogP contribution is -2.63. The van der Waals surface area contributed by atoms with Crippen molar-refractivity contribution in [3.63, 3.8) is 0 Å². The minimum Gasteiger partial charge on any atom is -0.481 e. The smallest absolute Gasteiger partial charge is 0.303 e. The van der Waals surface area contributed by atoms with E-state index in [1.54, 1.807) is 0 Å².